The summed E-state index contributed by atoms with van der Waals surface area (Å²) in [6, 6.07) is 21.9. The highest BCUT2D eigenvalue weighted by atomic mass is 16.5. The first kappa shape index (κ1) is 18.3. The second kappa shape index (κ2) is 8.27. The molecule has 0 bridgehead atoms. The molecule has 0 aromatic heterocycles. The van der Waals surface area contributed by atoms with Gasteiger partial charge in [-0.1, -0.05) is 60.7 Å². The number of aromatic hydroxyl groups is 1. The quantitative estimate of drug-likeness (QED) is 0.659. The molecular formula is C22H20O5. The molecule has 0 radical (unpaired) electrons. The second-order valence-electron chi connectivity index (χ2n) is 5.84. The predicted molar refractivity (Wildman–Crippen MR) is 101 cm³/mol. The molecule has 1 N–H and O–H groups in total. The first-order valence-electron chi connectivity index (χ1n) is 8.40. The molecule has 3 aromatic rings. The molecule has 138 valence electrons. The van der Waals surface area contributed by atoms with Crippen LogP contribution in [0.5, 0.6) is 17.2 Å². The molecule has 5 heteroatoms. The summed E-state index contributed by atoms with van der Waals surface area (Å²) in [5.74, 6) is -0.446. The van der Waals surface area contributed by atoms with E-state index in [-0.39, 0.29) is 22.8 Å². The molecule has 3 aromatic carbocycles. The summed E-state index contributed by atoms with van der Waals surface area (Å²) >= 11 is 0. The van der Waals surface area contributed by atoms with Crippen LogP contribution >= 0.6 is 0 Å². The van der Waals surface area contributed by atoms with Crippen molar-refractivity contribution in [2.75, 3.05) is 14.2 Å². The molecule has 0 aliphatic carbocycles. The largest absolute Gasteiger partial charge is 0.502 e. The van der Waals surface area contributed by atoms with Crippen LogP contribution in [0, 0.1) is 0 Å². The Morgan fingerprint density at radius 2 is 1.26 bits per heavy atom. The SMILES string of the molecule is COc1cc(C(=O)OC(c2ccccc2)c2ccccc2)cc(OC)c1O. The Morgan fingerprint density at radius 3 is 1.67 bits per heavy atom. The number of rotatable bonds is 6. The Labute approximate surface area is 157 Å². The van der Waals surface area contributed by atoms with Crippen LogP contribution in [0.25, 0.3) is 0 Å². The van der Waals surface area contributed by atoms with Gasteiger partial charge in [0, 0.05) is 0 Å². The molecule has 27 heavy (non-hydrogen) atoms. The number of esters is 1. The molecule has 0 spiro atoms. The number of phenols is 1. The van der Waals surface area contributed by atoms with Crippen LogP contribution in [0.15, 0.2) is 72.8 Å². The van der Waals surface area contributed by atoms with Gasteiger partial charge in [0.2, 0.25) is 5.75 Å². The number of phenolic OH excluding ortho intramolecular Hbond substituents is 1. The van der Waals surface area contributed by atoms with Gasteiger partial charge in [-0.25, -0.2) is 4.79 Å². The lowest BCUT2D eigenvalue weighted by Gasteiger charge is -2.19. The minimum absolute atomic E-state index is 0.136. The molecule has 3 rings (SSSR count). The second-order valence-corrected chi connectivity index (χ2v) is 5.84. The van der Waals surface area contributed by atoms with E-state index in [4.69, 9.17) is 14.2 Å². The van der Waals surface area contributed by atoms with Crippen molar-refractivity contribution in [1.82, 2.24) is 0 Å². The van der Waals surface area contributed by atoms with Crippen LogP contribution in [0.2, 0.25) is 0 Å². The van der Waals surface area contributed by atoms with Gasteiger partial charge < -0.3 is 19.3 Å². The molecule has 0 amide bonds. The number of carbonyl (C=O) groups is 1. The predicted octanol–water partition coefficient (Wildman–Crippen LogP) is 4.36. The first-order chi connectivity index (χ1) is 13.1. The molecule has 0 saturated carbocycles. The fraction of sp³-hybridized carbons (Fsp3) is 0.136. The highest BCUT2D eigenvalue weighted by molar-refractivity contribution is 5.91. The minimum atomic E-state index is -0.564. The summed E-state index contributed by atoms with van der Waals surface area (Å²) in [6.07, 6.45) is -0.564. The molecule has 0 aliphatic rings. The third-order valence-electron chi connectivity index (χ3n) is 4.15. The van der Waals surface area contributed by atoms with Gasteiger partial charge in [-0.2, -0.15) is 0 Å². The zero-order valence-corrected chi connectivity index (χ0v) is 15.1. The summed E-state index contributed by atoms with van der Waals surface area (Å²) < 4.78 is 16.0. The molecule has 0 saturated heterocycles. The highest BCUT2D eigenvalue weighted by Crippen LogP contribution is 2.38. The molecule has 0 aliphatic heterocycles. The van der Waals surface area contributed by atoms with Crippen molar-refractivity contribution < 1.29 is 24.1 Å². The molecular weight excluding hydrogens is 344 g/mol. The average molecular weight is 364 g/mol. The van der Waals surface area contributed by atoms with Gasteiger partial charge in [-0.15, -0.1) is 0 Å². The lowest BCUT2D eigenvalue weighted by molar-refractivity contribution is 0.0377. The number of ether oxygens (including phenoxy) is 3. The topological polar surface area (TPSA) is 65.0 Å². The monoisotopic (exact) mass is 364 g/mol. The minimum Gasteiger partial charge on any atom is -0.502 e. The number of carbonyl (C=O) groups excluding carboxylic acids is 1. The zero-order valence-electron chi connectivity index (χ0n) is 15.1. The van der Waals surface area contributed by atoms with E-state index in [1.165, 1.54) is 26.4 Å². The summed E-state index contributed by atoms with van der Waals surface area (Å²) in [7, 11) is 2.81. The maximum absolute atomic E-state index is 12.8. The zero-order chi connectivity index (χ0) is 19.2. The summed E-state index contributed by atoms with van der Waals surface area (Å²) in [5, 5.41) is 10.0. The third-order valence-corrected chi connectivity index (χ3v) is 4.15. The van der Waals surface area contributed by atoms with E-state index >= 15 is 0 Å². The average Bonchev–Trinajstić information content (AvgIpc) is 2.73. The summed E-state index contributed by atoms with van der Waals surface area (Å²) in [5.41, 5.74) is 1.93. The number of hydrogen-bond donors (Lipinski definition) is 1. The Kier molecular flexibility index (Phi) is 5.61. The summed E-state index contributed by atoms with van der Waals surface area (Å²) in [4.78, 5) is 12.8. The maximum atomic E-state index is 12.8. The fourth-order valence-corrected chi connectivity index (χ4v) is 2.77. The lowest BCUT2D eigenvalue weighted by atomic mass is 10.0. The Bertz CT molecular complexity index is 842. The van der Waals surface area contributed by atoms with Crippen LogP contribution in [0.1, 0.15) is 27.6 Å². The van der Waals surface area contributed by atoms with Crippen molar-refractivity contribution in [3.8, 4) is 17.2 Å². The van der Waals surface area contributed by atoms with Gasteiger partial charge >= 0.3 is 5.97 Å². The van der Waals surface area contributed by atoms with E-state index in [1.54, 1.807) is 0 Å². The van der Waals surface area contributed by atoms with Crippen LogP contribution in [-0.4, -0.2) is 25.3 Å². The smallest absolute Gasteiger partial charge is 0.339 e. The van der Waals surface area contributed by atoms with Gasteiger partial charge in [0.1, 0.15) is 0 Å². The van der Waals surface area contributed by atoms with Crippen molar-refractivity contribution >= 4 is 5.97 Å². The van der Waals surface area contributed by atoms with E-state index in [2.05, 4.69) is 0 Å². The molecule has 5 nitrogen and oxygen atoms in total. The third kappa shape index (κ3) is 4.03. The van der Waals surface area contributed by atoms with Crippen molar-refractivity contribution in [3.63, 3.8) is 0 Å². The van der Waals surface area contributed by atoms with E-state index < -0.39 is 12.1 Å². The van der Waals surface area contributed by atoms with E-state index in [1.807, 2.05) is 60.7 Å². The van der Waals surface area contributed by atoms with Crippen LogP contribution in [0.4, 0.5) is 0 Å². The Balaban J connectivity index is 1.96. The van der Waals surface area contributed by atoms with E-state index in [0.717, 1.165) is 11.1 Å². The van der Waals surface area contributed by atoms with Gasteiger partial charge in [0.25, 0.3) is 0 Å². The van der Waals surface area contributed by atoms with Gasteiger partial charge in [0.05, 0.1) is 19.8 Å². The van der Waals surface area contributed by atoms with Crippen LogP contribution < -0.4 is 9.47 Å². The van der Waals surface area contributed by atoms with E-state index in [0.29, 0.717) is 0 Å². The van der Waals surface area contributed by atoms with Crippen molar-refractivity contribution in [2.24, 2.45) is 0 Å². The molecule has 0 atom stereocenters. The van der Waals surface area contributed by atoms with Gasteiger partial charge in [0.15, 0.2) is 17.6 Å². The highest BCUT2D eigenvalue weighted by Gasteiger charge is 2.22. The molecule has 0 fully saturated rings. The van der Waals surface area contributed by atoms with E-state index in [9.17, 15) is 9.90 Å². The Morgan fingerprint density at radius 1 is 0.815 bits per heavy atom. The standard InChI is InChI=1S/C22H20O5/c1-25-18-13-17(14-19(26-2)20(18)23)22(24)27-21(15-9-5-3-6-10-15)16-11-7-4-8-12-16/h3-14,21,23H,1-2H3. The number of methoxy groups -OCH3 is 2. The van der Waals surface area contributed by atoms with Gasteiger partial charge in [-0.05, 0) is 23.3 Å². The first-order valence-corrected chi connectivity index (χ1v) is 8.40. The van der Waals surface area contributed by atoms with Gasteiger partial charge in [-0.3, -0.25) is 0 Å². The summed E-state index contributed by atoms with van der Waals surface area (Å²) in [6.45, 7) is 0. The normalized spacial score (nSPS) is 10.5. The molecule has 0 unspecified atom stereocenters. The fourth-order valence-electron chi connectivity index (χ4n) is 2.77. The van der Waals surface area contributed by atoms with Crippen LogP contribution in [-0.2, 0) is 4.74 Å². The van der Waals surface area contributed by atoms with Crippen molar-refractivity contribution in [2.45, 2.75) is 6.10 Å². The maximum Gasteiger partial charge on any atom is 0.339 e. The van der Waals surface area contributed by atoms with Crippen molar-refractivity contribution in [3.05, 3.63) is 89.5 Å². The lowest BCUT2D eigenvalue weighted by Crippen LogP contribution is -2.13. The van der Waals surface area contributed by atoms with Crippen molar-refractivity contribution in [1.29, 1.82) is 0 Å². The Hall–Kier alpha value is -3.47. The number of hydrogen-bond acceptors (Lipinski definition) is 5. The molecule has 0 heterocycles. The van der Waals surface area contributed by atoms with Crippen LogP contribution in [0.3, 0.4) is 0 Å². The number of benzene rings is 3.